The maximum atomic E-state index is 13.8. The van der Waals surface area contributed by atoms with Crippen LogP contribution in [0.5, 0.6) is 0 Å². The van der Waals surface area contributed by atoms with Crippen LogP contribution in [0.15, 0.2) is 76.7 Å². The van der Waals surface area contributed by atoms with Crippen LogP contribution in [0.2, 0.25) is 0 Å². The van der Waals surface area contributed by atoms with Crippen molar-refractivity contribution >= 4 is 33.9 Å². The number of hydrogen-bond acceptors (Lipinski definition) is 6. The summed E-state index contributed by atoms with van der Waals surface area (Å²) in [6, 6.07) is 18.9. The van der Waals surface area contributed by atoms with Gasteiger partial charge in [-0.25, -0.2) is 0 Å². The third-order valence-electron chi connectivity index (χ3n) is 10.8. The highest BCUT2D eigenvalue weighted by atomic mass is 16.5. The van der Waals surface area contributed by atoms with Gasteiger partial charge in [0.25, 0.3) is 11.8 Å². The SMILES string of the molecule is CCn1nc(C)cc1C(=O)/N=c1\n(C)c2ccccc2n1C/C=C/Cn1/c(=N/C(=O)c2cc(C)nn2CC)n(C)c2c(CN3C4COCC3C4)cccc21. The number of benzene rings is 2. The Morgan fingerprint density at radius 1 is 0.759 bits per heavy atom. The number of hydrogen-bond donors (Lipinski definition) is 0. The van der Waals surface area contributed by atoms with Crippen LogP contribution >= 0.6 is 0 Å². The minimum atomic E-state index is -0.340. The summed E-state index contributed by atoms with van der Waals surface area (Å²) in [5, 5.41) is 8.94. The summed E-state index contributed by atoms with van der Waals surface area (Å²) < 4.78 is 17.3. The lowest BCUT2D eigenvalue weighted by molar-refractivity contribution is -0.131. The quantitative estimate of drug-likeness (QED) is 0.196. The van der Waals surface area contributed by atoms with Crippen molar-refractivity contribution in [3.8, 4) is 0 Å². The maximum Gasteiger partial charge on any atom is 0.298 e. The number of aromatic nitrogens is 8. The van der Waals surface area contributed by atoms with Crippen LogP contribution in [0, 0.1) is 13.8 Å². The molecule has 2 aromatic carbocycles. The zero-order valence-corrected chi connectivity index (χ0v) is 31.8. The lowest BCUT2D eigenvalue weighted by Gasteiger charge is -2.52. The van der Waals surface area contributed by atoms with Gasteiger partial charge in [-0.05, 0) is 70.0 Å². The highest BCUT2D eigenvalue weighted by molar-refractivity contribution is 5.94. The van der Waals surface area contributed by atoms with Gasteiger partial charge in [-0.1, -0.05) is 36.4 Å². The van der Waals surface area contributed by atoms with E-state index >= 15 is 0 Å². The number of carbonyl (C=O) groups excluding carboxylic acids is 2. The number of allylic oxidation sites excluding steroid dienone is 2. The van der Waals surface area contributed by atoms with Crippen LogP contribution < -0.4 is 11.2 Å². The predicted octanol–water partition coefficient (Wildman–Crippen LogP) is 4.03. The van der Waals surface area contributed by atoms with Gasteiger partial charge >= 0.3 is 0 Å². The van der Waals surface area contributed by atoms with Crippen molar-refractivity contribution in [1.29, 1.82) is 0 Å². The number of ether oxygens (including phenoxy) is 1. The van der Waals surface area contributed by atoms with Crippen LogP contribution in [0.25, 0.3) is 22.1 Å². The van der Waals surface area contributed by atoms with E-state index in [2.05, 4.69) is 55.0 Å². The topological polar surface area (TPSA) is 127 Å². The zero-order chi connectivity index (χ0) is 37.7. The molecule has 280 valence electrons. The summed E-state index contributed by atoms with van der Waals surface area (Å²) in [7, 11) is 3.92. The Kier molecular flexibility index (Phi) is 9.40. The predicted molar refractivity (Wildman–Crippen MR) is 205 cm³/mol. The summed E-state index contributed by atoms with van der Waals surface area (Å²) in [5.41, 5.74) is 8.74. The van der Waals surface area contributed by atoms with Crippen molar-refractivity contribution in [2.24, 2.45) is 24.1 Å². The molecule has 0 saturated carbocycles. The summed E-state index contributed by atoms with van der Waals surface area (Å²) in [6.45, 7) is 12.1. The van der Waals surface area contributed by atoms with Gasteiger partial charge in [0.2, 0.25) is 11.2 Å². The van der Waals surface area contributed by atoms with E-state index in [0.717, 1.165) is 53.2 Å². The molecular formula is C40H47N11O3. The van der Waals surface area contributed by atoms with Crippen LogP contribution in [0.3, 0.4) is 0 Å². The molecule has 2 aliphatic heterocycles. The minimum Gasteiger partial charge on any atom is -0.378 e. The van der Waals surface area contributed by atoms with E-state index in [1.165, 1.54) is 12.0 Å². The second kappa shape index (κ2) is 14.3. The monoisotopic (exact) mass is 729 g/mol. The molecule has 2 aliphatic rings. The molecule has 54 heavy (non-hydrogen) atoms. The average molecular weight is 730 g/mol. The molecule has 2 unspecified atom stereocenters. The van der Waals surface area contributed by atoms with E-state index in [1.54, 1.807) is 21.5 Å². The Morgan fingerprint density at radius 2 is 1.30 bits per heavy atom. The molecule has 6 aromatic rings. The van der Waals surface area contributed by atoms with E-state index in [1.807, 2.05) is 79.8 Å². The van der Waals surface area contributed by atoms with Gasteiger partial charge in [-0.3, -0.25) is 23.9 Å². The Balaban J connectivity index is 1.17. The Labute approximate surface area is 312 Å². The van der Waals surface area contributed by atoms with Crippen LogP contribution in [0.4, 0.5) is 0 Å². The number of morpholine rings is 1. The molecular weight excluding hydrogens is 683 g/mol. The summed E-state index contributed by atoms with van der Waals surface area (Å²) in [4.78, 5) is 39.3. The van der Waals surface area contributed by atoms with Crippen molar-refractivity contribution < 1.29 is 14.3 Å². The molecule has 8 rings (SSSR count). The van der Waals surface area contributed by atoms with Gasteiger partial charge < -0.3 is 23.0 Å². The zero-order valence-electron chi connectivity index (χ0n) is 31.8. The number of imidazole rings is 2. The van der Waals surface area contributed by atoms with Crippen LogP contribution in [-0.4, -0.2) is 79.8 Å². The smallest absolute Gasteiger partial charge is 0.298 e. The lowest BCUT2D eigenvalue weighted by atomic mass is 9.90. The first kappa shape index (κ1) is 35.4. The molecule has 0 aliphatic carbocycles. The van der Waals surface area contributed by atoms with Crippen molar-refractivity contribution in [2.45, 2.75) is 78.9 Å². The fraction of sp³-hybridized carbons (Fsp3) is 0.400. The number of amides is 2. The molecule has 2 amide bonds. The highest BCUT2D eigenvalue weighted by Gasteiger charge is 2.42. The largest absolute Gasteiger partial charge is 0.378 e. The normalized spacial score (nSPS) is 18.1. The van der Waals surface area contributed by atoms with Gasteiger partial charge in [0.1, 0.15) is 11.4 Å². The van der Waals surface area contributed by atoms with Crippen molar-refractivity contribution in [3.05, 3.63) is 106 Å². The molecule has 14 heteroatoms. The number of rotatable bonds is 10. The summed E-state index contributed by atoms with van der Waals surface area (Å²) in [5.74, 6) is -0.674. The first-order valence-electron chi connectivity index (χ1n) is 18.7. The van der Waals surface area contributed by atoms with Gasteiger partial charge in [0, 0.05) is 58.9 Å². The van der Waals surface area contributed by atoms with Crippen molar-refractivity contribution in [2.75, 3.05) is 13.2 Å². The van der Waals surface area contributed by atoms with E-state index in [4.69, 9.17) is 9.73 Å². The molecule has 2 fully saturated rings. The molecule has 4 aromatic heterocycles. The summed E-state index contributed by atoms with van der Waals surface area (Å²) in [6.07, 6.45) is 5.34. The maximum absolute atomic E-state index is 13.8. The first-order valence-corrected chi connectivity index (χ1v) is 18.7. The Bertz CT molecular complexity index is 2570. The highest BCUT2D eigenvalue weighted by Crippen LogP contribution is 2.33. The number of fused-ring (bicyclic) bond motifs is 4. The number of aryl methyl sites for hydroxylation is 6. The van der Waals surface area contributed by atoms with E-state index < -0.39 is 0 Å². The molecule has 0 radical (unpaired) electrons. The second-order valence-electron chi connectivity index (χ2n) is 14.2. The van der Waals surface area contributed by atoms with E-state index in [9.17, 15) is 9.59 Å². The second-order valence-corrected chi connectivity index (χ2v) is 14.2. The van der Waals surface area contributed by atoms with Crippen molar-refractivity contribution in [1.82, 2.24) is 42.7 Å². The lowest BCUT2D eigenvalue weighted by Crippen LogP contribution is -2.62. The molecule has 0 spiro atoms. The van der Waals surface area contributed by atoms with E-state index in [-0.39, 0.29) is 11.8 Å². The van der Waals surface area contributed by atoms with Gasteiger partial charge in [0.05, 0.1) is 46.7 Å². The van der Waals surface area contributed by atoms with Crippen molar-refractivity contribution in [3.63, 3.8) is 0 Å². The Morgan fingerprint density at radius 3 is 1.87 bits per heavy atom. The standard InChI is InChI=1S/C40H47N11O3/c1-7-50-34(20-26(3)43-50)37(52)41-39-45(5)31-15-9-10-16-32(31)47(39)18-11-12-19-48-33-17-13-14-28(23-49-29-22-30(49)25-54-24-29)36(33)46(6)40(48)42-38(53)35-21-27(4)44-51(35)8-2/h9-17,20-21,29-30H,7-8,18-19,22-25H2,1-6H3/b12-11+,41-39+,42-40+. The fourth-order valence-electron chi connectivity index (χ4n) is 8.14. The van der Waals surface area contributed by atoms with Gasteiger partial charge in [-0.15, -0.1) is 0 Å². The molecule has 0 N–H and O–H groups in total. The average Bonchev–Trinajstić information content (AvgIpc) is 3.91. The van der Waals surface area contributed by atoms with Gasteiger partial charge in [-0.2, -0.15) is 20.2 Å². The summed E-state index contributed by atoms with van der Waals surface area (Å²) >= 11 is 0. The fourth-order valence-corrected chi connectivity index (χ4v) is 8.14. The molecule has 14 nitrogen and oxygen atoms in total. The molecule has 2 atom stereocenters. The third kappa shape index (κ3) is 6.18. The molecule has 6 heterocycles. The van der Waals surface area contributed by atoms with E-state index in [0.29, 0.717) is 60.9 Å². The van der Waals surface area contributed by atoms with Crippen LogP contribution in [0.1, 0.15) is 58.2 Å². The first-order chi connectivity index (χ1) is 26.2. The van der Waals surface area contributed by atoms with Gasteiger partial charge in [0.15, 0.2) is 0 Å². The minimum absolute atomic E-state index is 0.334. The Hall–Kier alpha value is -5.60. The van der Waals surface area contributed by atoms with Crippen LogP contribution in [-0.2, 0) is 51.6 Å². The third-order valence-corrected chi connectivity index (χ3v) is 10.8. The number of carbonyl (C=O) groups is 2. The number of para-hydroxylation sites is 3. The molecule has 2 saturated heterocycles. The molecule has 2 bridgehead atoms. The number of nitrogens with zero attached hydrogens (tertiary/aromatic N) is 11.